The third kappa shape index (κ3) is 7.87. The van der Waals surface area contributed by atoms with E-state index in [1.807, 2.05) is 18.2 Å². The Kier molecular flexibility index (Phi) is 9.86. The fourth-order valence-electron chi connectivity index (χ4n) is 4.89. The van der Waals surface area contributed by atoms with Crippen molar-refractivity contribution in [2.75, 3.05) is 19.7 Å². The predicted octanol–water partition coefficient (Wildman–Crippen LogP) is 6.85. The summed E-state index contributed by atoms with van der Waals surface area (Å²) in [4.78, 5) is 15.9. The molecule has 0 spiro atoms. The van der Waals surface area contributed by atoms with Gasteiger partial charge in [-0.15, -0.1) is 0 Å². The molecule has 1 aromatic heterocycles. The molecule has 1 saturated carbocycles. The van der Waals surface area contributed by atoms with Crippen molar-refractivity contribution < 1.29 is 4.74 Å². The van der Waals surface area contributed by atoms with Gasteiger partial charge in [-0.05, 0) is 82.5 Å². The zero-order valence-electron chi connectivity index (χ0n) is 20.7. The molecule has 2 aromatic rings. The predicted molar refractivity (Wildman–Crippen MR) is 143 cm³/mol. The molecule has 2 aliphatic rings. The molecule has 0 saturated heterocycles. The number of ether oxygens (including phenoxy) is 1. The number of benzene rings is 1. The lowest BCUT2D eigenvalue weighted by molar-refractivity contribution is 0.307. The van der Waals surface area contributed by atoms with Gasteiger partial charge in [-0.3, -0.25) is 4.79 Å². The molecule has 4 rings (SSSR count). The summed E-state index contributed by atoms with van der Waals surface area (Å²) in [6.07, 6.45) is 22.5. The second kappa shape index (κ2) is 13.5. The molecule has 4 nitrogen and oxygen atoms in total. The average molecular weight is 463 g/mol. The quantitative estimate of drug-likeness (QED) is 0.268. The van der Waals surface area contributed by atoms with Crippen molar-refractivity contribution in [2.45, 2.75) is 83.5 Å². The highest BCUT2D eigenvalue weighted by Crippen LogP contribution is 2.34. The Morgan fingerprint density at radius 1 is 0.941 bits per heavy atom. The number of aromatic nitrogens is 1. The first-order valence-electron chi connectivity index (χ1n) is 13.6. The van der Waals surface area contributed by atoms with E-state index < -0.39 is 0 Å². The van der Waals surface area contributed by atoms with Crippen LogP contribution in [0.1, 0.15) is 82.6 Å². The normalized spacial score (nSPS) is 15.6. The summed E-state index contributed by atoms with van der Waals surface area (Å²) in [6, 6.07) is 8.01. The number of rotatable bonds is 16. The Hall–Kier alpha value is -2.33. The summed E-state index contributed by atoms with van der Waals surface area (Å²) < 4.78 is 6.27. The Morgan fingerprint density at radius 3 is 2.65 bits per heavy atom. The first-order chi connectivity index (χ1) is 16.8. The number of para-hydroxylation sites is 1. The number of pyridine rings is 1. The minimum absolute atomic E-state index is 0.0111. The Balaban J connectivity index is 1.20. The van der Waals surface area contributed by atoms with Crippen molar-refractivity contribution >= 4 is 10.9 Å². The first-order valence-corrected chi connectivity index (χ1v) is 13.6. The number of aromatic amines is 1. The van der Waals surface area contributed by atoms with Crippen molar-refractivity contribution in [1.82, 2.24) is 10.3 Å². The molecule has 1 fully saturated rings. The molecule has 0 aliphatic heterocycles. The van der Waals surface area contributed by atoms with Gasteiger partial charge < -0.3 is 15.0 Å². The molecule has 2 aliphatic carbocycles. The van der Waals surface area contributed by atoms with Crippen LogP contribution in [0, 0.1) is 5.92 Å². The highest BCUT2D eigenvalue weighted by molar-refractivity contribution is 5.86. The topological polar surface area (TPSA) is 54.1 Å². The van der Waals surface area contributed by atoms with E-state index in [0.29, 0.717) is 6.61 Å². The molecule has 0 unspecified atom stereocenters. The van der Waals surface area contributed by atoms with Crippen LogP contribution in [0.5, 0.6) is 5.75 Å². The van der Waals surface area contributed by atoms with E-state index in [9.17, 15) is 4.79 Å². The van der Waals surface area contributed by atoms with Gasteiger partial charge in [0.1, 0.15) is 5.75 Å². The summed E-state index contributed by atoms with van der Waals surface area (Å²) in [6.45, 7) is 2.63. The number of hydrogen-bond acceptors (Lipinski definition) is 3. The maximum absolute atomic E-state index is 12.8. The third-order valence-electron chi connectivity index (χ3n) is 7.09. The lowest BCUT2D eigenvalue weighted by Gasteiger charge is -2.14. The van der Waals surface area contributed by atoms with E-state index >= 15 is 0 Å². The van der Waals surface area contributed by atoms with Crippen LogP contribution < -0.4 is 15.6 Å². The van der Waals surface area contributed by atoms with Crippen molar-refractivity contribution in [2.24, 2.45) is 5.92 Å². The Bertz CT molecular complexity index is 1020. The maximum atomic E-state index is 12.8. The molecule has 184 valence electrons. The highest BCUT2D eigenvalue weighted by Gasteiger charge is 2.20. The molecule has 0 amide bonds. The van der Waals surface area contributed by atoms with Crippen molar-refractivity contribution in [3.8, 4) is 5.75 Å². The molecule has 34 heavy (non-hydrogen) atoms. The van der Waals surface area contributed by atoms with Crippen LogP contribution in [-0.2, 0) is 6.42 Å². The summed E-state index contributed by atoms with van der Waals surface area (Å²) >= 11 is 0. The van der Waals surface area contributed by atoms with Gasteiger partial charge in [0, 0.05) is 5.39 Å². The van der Waals surface area contributed by atoms with E-state index in [0.717, 1.165) is 60.5 Å². The van der Waals surface area contributed by atoms with Crippen molar-refractivity contribution in [3.63, 3.8) is 0 Å². The van der Waals surface area contributed by atoms with Gasteiger partial charge in [0.05, 0.1) is 17.7 Å². The lowest BCUT2D eigenvalue weighted by atomic mass is 10.0. The van der Waals surface area contributed by atoms with Crippen LogP contribution in [0.4, 0.5) is 0 Å². The van der Waals surface area contributed by atoms with Crippen molar-refractivity contribution in [1.29, 1.82) is 0 Å². The summed E-state index contributed by atoms with van der Waals surface area (Å²) in [5, 5.41) is 4.57. The van der Waals surface area contributed by atoms with Crippen LogP contribution in [-0.4, -0.2) is 24.7 Å². The fourth-order valence-corrected chi connectivity index (χ4v) is 4.89. The Morgan fingerprint density at radius 2 is 1.79 bits per heavy atom. The summed E-state index contributed by atoms with van der Waals surface area (Å²) in [5.74, 6) is 1.79. The molecule has 0 bridgehead atoms. The molecular formula is C30H42N2O2. The minimum atomic E-state index is 0.0111. The third-order valence-corrected chi connectivity index (χ3v) is 7.09. The first kappa shape index (κ1) is 24.8. The molecule has 4 heteroatoms. The largest absolute Gasteiger partial charge is 0.492 e. The van der Waals surface area contributed by atoms with Crippen LogP contribution >= 0.6 is 0 Å². The molecule has 1 heterocycles. The molecule has 1 aromatic carbocycles. The van der Waals surface area contributed by atoms with E-state index in [-0.39, 0.29) is 5.56 Å². The fraction of sp³-hybridized carbons (Fsp3) is 0.567. The van der Waals surface area contributed by atoms with Crippen LogP contribution in [0.15, 0.2) is 52.9 Å². The van der Waals surface area contributed by atoms with Crippen molar-refractivity contribution in [3.05, 3.63) is 64.0 Å². The van der Waals surface area contributed by atoms with Crippen LogP contribution in [0.25, 0.3) is 10.9 Å². The molecular weight excluding hydrogens is 420 g/mol. The lowest BCUT2D eigenvalue weighted by Crippen LogP contribution is -2.20. The second-order valence-corrected chi connectivity index (χ2v) is 10.0. The van der Waals surface area contributed by atoms with Gasteiger partial charge >= 0.3 is 0 Å². The summed E-state index contributed by atoms with van der Waals surface area (Å²) in [5.41, 5.74) is 3.20. The number of nitrogens with one attached hydrogen (secondary N) is 2. The molecule has 2 N–H and O–H groups in total. The van der Waals surface area contributed by atoms with Gasteiger partial charge in [0.2, 0.25) is 0 Å². The second-order valence-electron chi connectivity index (χ2n) is 10.0. The van der Waals surface area contributed by atoms with Gasteiger partial charge in [-0.25, -0.2) is 0 Å². The van der Waals surface area contributed by atoms with E-state index in [4.69, 9.17) is 4.74 Å². The zero-order valence-corrected chi connectivity index (χ0v) is 20.7. The number of allylic oxidation sites excluding steroid dienone is 4. The number of hydrogen-bond donors (Lipinski definition) is 2. The number of H-pyrrole nitrogens is 1. The zero-order chi connectivity index (χ0) is 23.4. The van der Waals surface area contributed by atoms with E-state index in [1.165, 1.54) is 69.8 Å². The van der Waals surface area contributed by atoms with Gasteiger partial charge in [-0.1, -0.05) is 68.0 Å². The Labute approximate surface area is 204 Å². The minimum Gasteiger partial charge on any atom is -0.492 e. The maximum Gasteiger partial charge on any atom is 0.255 e. The standard InChI is InChI=1S/C30H42N2O2/c33-30-27(17-6-2-5-14-25-19-20-25)29(26-16-7-8-18-28(26)32-30)34-23-11-22-31-21-10-9-15-24-12-3-1-4-13-24/h3,7-8,12-13,16,18,25,31H,1-2,4-6,9-11,14-15,17,19-23H2,(H,32,33). The number of fused-ring (bicyclic) bond motifs is 1. The average Bonchev–Trinajstić information content (AvgIpc) is 3.69. The van der Waals surface area contributed by atoms with Gasteiger partial charge in [0.25, 0.3) is 5.56 Å². The molecule has 0 atom stereocenters. The van der Waals surface area contributed by atoms with Gasteiger partial charge in [-0.2, -0.15) is 0 Å². The smallest absolute Gasteiger partial charge is 0.255 e. The summed E-state index contributed by atoms with van der Waals surface area (Å²) in [7, 11) is 0. The van der Waals surface area contributed by atoms with Crippen LogP contribution in [0.2, 0.25) is 0 Å². The molecule has 0 radical (unpaired) electrons. The highest BCUT2D eigenvalue weighted by atomic mass is 16.5. The van der Waals surface area contributed by atoms with E-state index in [1.54, 1.807) is 0 Å². The van der Waals surface area contributed by atoms with Gasteiger partial charge in [0.15, 0.2) is 0 Å². The van der Waals surface area contributed by atoms with E-state index in [2.05, 4.69) is 34.6 Å². The monoisotopic (exact) mass is 462 g/mol. The number of unbranched alkanes of at least 4 members (excludes halogenated alkanes) is 3. The van der Waals surface area contributed by atoms with Crippen LogP contribution in [0.3, 0.4) is 0 Å². The SMILES string of the molecule is O=c1[nH]c2ccccc2c(OCCCNCCCCC2=CCCC=C2)c1CCCCCC1CC1.